The summed E-state index contributed by atoms with van der Waals surface area (Å²) in [6.45, 7) is 0.182. The van der Waals surface area contributed by atoms with Crippen molar-refractivity contribution in [3.63, 3.8) is 0 Å². The molecule has 10 heteroatoms. The first kappa shape index (κ1) is 15.7. The van der Waals surface area contributed by atoms with Gasteiger partial charge < -0.3 is 13.9 Å². The second-order valence-electron chi connectivity index (χ2n) is 5.32. The van der Waals surface area contributed by atoms with Crippen molar-refractivity contribution in [2.75, 3.05) is 7.11 Å². The molecule has 0 fully saturated rings. The molecule has 0 radical (unpaired) electrons. The van der Waals surface area contributed by atoms with Crippen LogP contribution in [0.4, 0.5) is 0 Å². The summed E-state index contributed by atoms with van der Waals surface area (Å²) in [5.74, 6) is 1.16. The number of carbonyl (C=O) groups excluding carboxylic acids is 1. The Hall–Kier alpha value is -3.82. The van der Waals surface area contributed by atoms with Crippen LogP contribution >= 0.6 is 0 Å². The number of aromatic amines is 1. The number of hydrogen-bond donors (Lipinski definition) is 1. The van der Waals surface area contributed by atoms with Crippen molar-refractivity contribution in [2.24, 2.45) is 0 Å². The molecule has 0 aliphatic carbocycles. The van der Waals surface area contributed by atoms with Gasteiger partial charge in [-0.15, -0.1) is 10.2 Å². The van der Waals surface area contributed by atoms with Gasteiger partial charge in [-0.1, -0.05) is 0 Å². The molecule has 0 bridgehead atoms. The minimum atomic E-state index is 0.182. The first-order valence-corrected chi connectivity index (χ1v) is 7.60. The van der Waals surface area contributed by atoms with Crippen molar-refractivity contribution in [2.45, 2.75) is 6.61 Å². The molecule has 0 amide bonds. The van der Waals surface area contributed by atoms with E-state index in [9.17, 15) is 4.79 Å². The van der Waals surface area contributed by atoms with E-state index in [2.05, 4.69) is 30.6 Å². The zero-order valence-corrected chi connectivity index (χ0v) is 13.7. The number of H-pyrrole nitrogens is 1. The van der Waals surface area contributed by atoms with Gasteiger partial charge in [-0.3, -0.25) is 4.79 Å². The lowest BCUT2D eigenvalue weighted by Gasteiger charge is -2.11. The number of hydrogen-bond acceptors (Lipinski definition) is 8. The summed E-state index contributed by atoms with van der Waals surface area (Å²) < 4.78 is 12.7. The van der Waals surface area contributed by atoms with Crippen molar-refractivity contribution in [1.29, 1.82) is 0 Å². The number of carbonyl (C=O) groups is 1. The molecule has 4 aromatic rings. The first-order valence-electron chi connectivity index (χ1n) is 7.60. The molecule has 0 spiro atoms. The Bertz CT molecular complexity index is 1060. The fraction of sp³-hybridized carbons (Fsp3) is 0.125. The summed E-state index contributed by atoms with van der Waals surface area (Å²) in [5.41, 5.74) is 2.63. The molecule has 0 saturated heterocycles. The van der Waals surface area contributed by atoms with Crippen molar-refractivity contribution >= 4 is 11.9 Å². The van der Waals surface area contributed by atoms with E-state index < -0.39 is 0 Å². The van der Waals surface area contributed by atoms with Crippen LogP contribution in [0.15, 0.2) is 36.9 Å². The summed E-state index contributed by atoms with van der Waals surface area (Å²) >= 11 is 0. The SMILES string of the molecule is COc1cc(C=O)c(OCc2cc(-c3nn[nH]n3)cn3ccnc23)cn1. The molecule has 26 heavy (non-hydrogen) atoms. The van der Waals surface area contributed by atoms with E-state index in [1.54, 1.807) is 6.20 Å². The minimum Gasteiger partial charge on any atom is -0.486 e. The summed E-state index contributed by atoms with van der Waals surface area (Å²) in [4.78, 5) is 19.7. The third-order valence-corrected chi connectivity index (χ3v) is 3.76. The van der Waals surface area contributed by atoms with E-state index in [1.807, 2.05) is 22.9 Å². The Balaban J connectivity index is 1.67. The van der Waals surface area contributed by atoms with Crippen LogP contribution in [0, 0.1) is 0 Å². The van der Waals surface area contributed by atoms with Crippen LogP contribution in [-0.4, -0.2) is 48.4 Å². The van der Waals surface area contributed by atoms with Gasteiger partial charge in [0.2, 0.25) is 11.7 Å². The molecular weight excluding hydrogens is 338 g/mol. The molecule has 4 heterocycles. The number of fused-ring (bicyclic) bond motifs is 1. The van der Waals surface area contributed by atoms with Crippen LogP contribution in [0.25, 0.3) is 17.0 Å². The summed E-state index contributed by atoms with van der Waals surface area (Å²) in [6, 6.07) is 3.38. The van der Waals surface area contributed by atoms with Crippen LogP contribution in [0.3, 0.4) is 0 Å². The van der Waals surface area contributed by atoms with Crippen molar-refractivity contribution < 1.29 is 14.3 Å². The van der Waals surface area contributed by atoms with E-state index in [1.165, 1.54) is 19.4 Å². The lowest BCUT2D eigenvalue weighted by molar-refractivity contribution is 0.111. The van der Waals surface area contributed by atoms with Gasteiger partial charge >= 0.3 is 0 Å². The maximum atomic E-state index is 11.3. The van der Waals surface area contributed by atoms with E-state index >= 15 is 0 Å². The van der Waals surface area contributed by atoms with Crippen LogP contribution in [-0.2, 0) is 6.61 Å². The molecule has 0 atom stereocenters. The quantitative estimate of drug-likeness (QED) is 0.516. The van der Waals surface area contributed by atoms with Gasteiger partial charge in [0.1, 0.15) is 18.0 Å². The summed E-state index contributed by atoms with van der Waals surface area (Å²) in [5, 5.41) is 14.0. The number of methoxy groups -OCH3 is 1. The number of ether oxygens (including phenoxy) is 2. The highest BCUT2D eigenvalue weighted by Crippen LogP contribution is 2.23. The monoisotopic (exact) mass is 351 g/mol. The second-order valence-corrected chi connectivity index (χ2v) is 5.32. The third-order valence-electron chi connectivity index (χ3n) is 3.76. The maximum Gasteiger partial charge on any atom is 0.213 e. The number of imidazole rings is 1. The van der Waals surface area contributed by atoms with E-state index in [0.29, 0.717) is 29.3 Å². The van der Waals surface area contributed by atoms with Crippen molar-refractivity contribution in [3.05, 3.63) is 48.0 Å². The fourth-order valence-corrected chi connectivity index (χ4v) is 2.54. The summed E-state index contributed by atoms with van der Waals surface area (Å²) in [7, 11) is 1.48. The van der Waals surface area contributed by atoms with E-state index in [0.717, 1.165) is 16.8 Å². The van der Waals surface area contributed by atoms with Gasteiger partial charge in [-0.2, -0.15) is 5.21 Å². The zero-order chi connectivity index (χ0) is 17.9. The standard InChI is InChI=1S/C16H13N7O3/c1-25-14-5-11(8-24)13(6-18-14)26-9-12-4-10(15-19-21-22-20-15)7-23-3-2-17-16(12)23/h2-8H,9H2,1H3,(H,19,20,21,22). The third kappa shape index (κ3) is 2.83. The first-order chi connectivity index (χ1) is 12.8. The lowest BCUT2D eigenvalue weighted by Crippen LogP contribution is -2.03. The highest BCUT2D eigenvalue weighted by molar-refractivity contribution is 5.79. The van der Waals surface area contributed by atoms with Gasteiger partial charge in [0.25, 0.3) is 0 Å². The number of aromatic nitrogens is 7. The molecule has 0 aromatic carbocycles. The molecule has 0 aliphatic heterocycles. The molecule has 10 nitrogen and oxygen atoms in total. The predicted octanol–water partition coefficient (Wildman–Crippen LogP) is 1.31. The number of pyridine rings is 2. The smallest absolute Gasteiger partial charge is 0.213 e. The normalized spacial score (nSPS) is 10.8. The number of rotatable bonds is 6. The van der Waals surface area contributed by atoms with Crippen molar-refractivity contribution in [1.82, 2.24) is 35.0 Å². The Labute approximate surface area is 146 Å². The van der Waals surface area contributed by atoms with Crippen LogP contribution in [0.5, 0.6) is 11.6 Å². The highest BCUT2D eigenvalue weighted by Gasteiger charge is 2.12. The maximum absolute atomic E-state index is 11.3. The molecule has 4 aromatic heterocycles. The number of nitrogens with zero attached hydrogens (tertiary/aromatic N) is 6. The van der Waals surface area contributed by atoms with Gasteiger partial charge in [0.15, 0.2) is 6.29 Å². The van der Waals surface area contributed by atoms with Gasteiger partial charge in [0, 0.05) is 35.8 Å². The Kier molecular flexibility index (Phi) is 3.98. The average Bonchev–Trinajstić information content (AvgIpc) is 3.37. The Morgan fingerprint density at radius 1 is 1.31 bits per heavy atom. The summed E-state index contributed by atoms with van der Waals surface area (Å²) in [6.07, 6.45) is 7.50. The molecule has 1 N–H and O–H groups in total. The lowest BCUT2D eigenvalue weighted by atomic mass is 10.2. The molecule has 0 aliphatic rings. The average molecular weight is 351 g/mol. The molecule has 0 unspecified atom stereocenters. The number of aldehydes is 1. The topological polar surface area (TPSA) is 120 Å². The minimum absolute atomic E-state index is 0.182. The Morgan fingerprint density at radius 3 is 3.00 bits per heavy atom. The van der Waals surface area contributed by atoms with Crippen LogP contribution in [0.2, 0.25) is 0 Å². The van der Waals surface area contributed by atoms with Gasteiger partial charge in [0.05, 0.1) is 18.9 Å². The van der Waals surface area contributed by atoms with Crippen LogP contribution in [0.1, 0.15) is 15.9 Å². The van der Waals surface area contributed by atoms with Crippen molar-refractivity contribution in [3.8, 4) is 23.0 Å². The van der Waals surface area contributed by atoms with E-state index in [4.69, 9.17) is 9.47 Å². The molecule has 130 valence electrons. The zero-order valence-electron chi connectivity index (χ0n) is 13.7. The highest BCUT2D eigenvalue weighted by atomic mass is 16.5. The molecular formula is C16H13N7O3. The largest absolute Gasteiger partial charge is 0.486 e. The van der Waals surface area contributed by atoms with Gasteiger partial charge in [-0.05, 0) is 11.3 Å². The predicted molar refractivity (Wildman–Crippen MR) is 88.9 cm³/mol. The van der Waals surface area contributed by atoms with E-state index in [-0.39, 0.29) is 6.61 Å². The second kappa shape index (κ2) is 6.59. The fourth-order valence-electron chi connectivity index (χ4n) is 2.54. The Morgan fingerprint density at radius 2 is 2.23 bits per heavy atom. The number of tetrazole rings is 1. The van der Waals surface area contributed by atoms with Crippen LogP contribution < -0.4 is 9.47 Å². The van der Waals surface area contributed by atoms with Gasteiger partial charge in [-0.25, -0.2) is 9.97 Å². The number of nitrogens with one attached hydrogen (secondary N) is 1. The molecule has 0 saturated carbocycles. The molecule has 4 rings (SSSR count).